The number of benzene rings is 3. The molecule has 34 heavy (non-hydrogen) atoms. The molecule has 1 fully saturated rings. The zero-order valence-corrected chi connectivity index (χ0v) is 19.9. The Labute approximate surface area is 199 Å². The quantitative estimate of drug-likeness (QED) is 0.529. The molecule has 3 aromatic carbocycles. The SMILES string of the molecule is COc1ccc(N2CCN(c3ccc(C(=O)O)cc3NS(=O)(=O)c3cccc(C)c3)CC2)cc1. The van der Waals surface area contributed by atoms with E-state index in [-0.39, 0.29) is 16.1 Å². The lowest BCUT2D eigenvalue weighted by Gasteiger charge is -2.38. The number of sulfonamides is 1. The van der Waals surface area contributed by atoms with Crippen LogP contribution in [0.15, 0.2) is 71.6 Å². The Bertz CT molecular complexity index is 1280. The van der Waals surface area contributed by atoms with Crippen molar-refractivity contribution >= 4 is 33.1 Å². The summed E-state index contributed by atoms with van der Waals surface area (Å²) in [6.07, 6.45) is 0. The van der Waals surface area contributed by atoms with E-state index < -0.39 is 16.0 Å². The van der Waals surface area contributed by atoms with Gasteiger partial charge in [0.15, 0.2) is 0 Å². The number of hydrogen-bond acceptors (Lipinski definition) is 6. The molecule has 0 aliphatic carbocycles. The Balaban J connectivity index is 1.58. The van der Waals surface area contributed by atoms with Crippen LogP contribution in [0.2, 0.25) is 0 Å². The van der Waals surface area contributed by atoms with Gasteiger partial charge >= 0.3 is 5.97 Å². The van der Waals surface area contributed by atoms with Crippen molar-refractivity contribution < 1.29 is 23.1 Å². The van der Waals surface area contributed by atoms with E-state index in [0.29, 0.717) is 18.8 Å². The zero-order valence-electron chi connectivity index (χ0n) is 19.1. The summed E-state index contributed by atoms with van der Waals surface area (Å²) in [5, 5.41) is 9.45. The predicted octanol–water partition coefficient (Wildman–Crippen LogP) is 3.83. The standard InChI is InChI=1S/C25H27N3O5S/c1-18-4-3-5-22(16-18)34(31,32)26-23-17-19(25(29)30)6-11-24(23)28-14-12-27(13-15-28)20-7-9-21(33-2)10-8-20/h3-11,16-17,26H,12-15H2,1-2H3,(H,29,30). The highest BCUT2D eigenvalue weighted by atomic mass is 32.2. The zero-order chi connectivity index (χ0) is 24.3. The summed E-state index contributed by atoms with van der Waals surface area (Å²) in [5.74, 6) is -0.321. The van der Waals surface area contributed by atoms with Crippen LogP contribution in [0, 0.1) is 6.92 Å². The molecule has 2 N–H and O–H groups in total. The summed E-state index contributed by atoms with van der Waals surface area (Å²) in [5.41, 5.74) is 2.82. The maximum Gasteiger partial charge on any atom is 0.335 e. The molecule has 8 nitrogen and oxygen atoms in total. The van der Waals surface area contributed by atoms with Crippen LogP contribution in [0.25, 0.3) is 0 Å². The van der Waals surface area contributed by atoms with E-state index in [9.17, 15) is 18.3 Å². The van der Waals surface area contributed by atoms with E-state index in [0.717, 1.165) is 30.1 Å². The minimum Gasteiger partial charge on any atom is -0.497 e. The largest absolute Gasteiger partial charge is 0.497 e. The summed E-state index contributed by atoms with van der Waals surface area (Å²) < 4.78 is 34.0. The van der Waals surface area contributed by atoms with Crippen molar-refractivity contribution in [3.05, 3.63) is 77.9 Å². The van der Waals surface area contributed by atoms with Gasteiger partial charge in [-0.1, -0.05) is 12.1 Å². The lowest BCUT2D eigenvalue weighted by atomic mass is 10.1. The van der Waals surface area contributed by atoms with E-state index in [4.69, 9.17) is 4.74 Å². The number of carbonyl (C=O) groups is 1. The van der Waals surface area contributed by atoms with Gasteiger partial charge in [0, 0.05) is 31.9 Å². The highest BCUT2D eigenvalue weighted by molar-refractivity contribution is 7.92. The summed E-state index contributed by atoms with van der Waals surface area (Å²) in [6.45, 7) is 4.58. The van der Waals surface area contributed by atoms with Crippen LogP contribution >= 0.6 is 0 Å². The summed E-state index contributed by atoms with van der Waals surface area (Å²) >= 11 is 0. The monoisotopic (exact) mass is 481 g/mol. The Morgan fingerprint density at radius 2 is 1.62 bits per heavy atom. The van der Waals surface area contributed by atoms with Crippen LogP contribution in [0.4, 0.5) is 17.1 Å². The number of hydrogen-bond donors (Lipinski definition) is 2. The summed E-state index contributed by atoms with van der Waals surface area (Å²) in [6, 6.07) is 19.0. The number of ether oxygens (including phenoxy) is 1. The average molecular weight is 482 g/mol. The molecule has 178 valence electrons. The first-order valence-electron chi connectivity index (χ1n) is 10.9. The third kappa shape index (κ3) is 5.09. The van der Waals surface area contributed by atoms with Crippen molar-refractivity contribution in [1.29, 1.82) is 0 Å². The van der Waals surface area contributed by atoms with Crippen molar-refractivity contribution in [3.8, 4) is 5.75 Å². The number of aromatic carboxylic acids is 1. The molecule has 1 saturated heterocycles. The maximum atomic E-state index is 13.1. The van der Waals surface area contributed by atoms with Gasteiger partial charge in [0.05, 0.1) is 28.9 Å². The molecule has 9 heteroatoms. The number of nitrogens with zero attached hydrogens (tertiary/aromatic N) is 2. The number of aryl methyl sites for hydroxylation is 1. The fourth-order valence-corrected chi connectivity index (χ4v) is 5.18. The van der Waals surface area contributed by atoms with Crippen LogP contribution in [-0.4, -0.2) is 52.8 Å². The van der Waals surface area contributed by atoms with Crippen molar-refractivity contribution in [2.45, 2.75) is 11.8 Å². The Morgan fingerprint density at radius 3 is 2.24 bits per heavy atom. The third-order valence-corrected chi connectivity index (χ3v) is 7.21. The third-order valence-electron chi connectivity index (χ3n) is 5.85. The molecule has 1 aliphatic heterocycles. The Hall–Kier alpha value is -3.72. The average Bonchev–Trinajstić information content (AvgIpc) is 2.84. The van der Waals surface area contributed by atoms with E-state index in [1.807, 2.05) is 37.3 Å². The molecule has 0 saturated carbocycles. The van der Waals surface area contributed by atoms with E-state index in [1.54, 1.807) is 25.3 Å². The molecule has 1 aliphatic rings. The second-order valence-corrected chi connectivity index (χ2v) is 9.81. The first-order chi connectivity index (χ1) is 16.3. The van der Waals surface area contributed by atoms with Gasteiger partial charge in [-0.05, 0) is 67.1 Å². The van der Waals surface area contributed by atoms with Gasteiger partial charge in [-0.3, -0.25) is 4.72 Å². The number of anilines is 3. The van der Waals surface area contributed by atoms with Crippen molar-refractivity contribution in [1.82, 2.24) is 0 Å². The fraction of sp³-hybridized carbons (Fsp3) is 0.240. The van der Waals surface area contributed by atoms with Crippen LogP contribution in [0.1, 0.15) is 15.9 Å². The highest BCUT2D eigenvalue weighted by Gasteiger charge is 2.23. The number of carboxylic acid groups (broad SMARTS) is 1. The normalized spacial score (nSPS) is 14.1. The minimum atomic E-state index is -3.89. The van der Waals surface area contributed by atoms with E-state index in [2.05, 4.69) is 14.5 Å². The van der Waals surface area contributed by atoms with Gasteiger partial charge < -0.3 is 19.6 Å². The molecule has 0 spiro atoms. The van der Waals surface area contributed by atoms with Gasteiger partial charge in [-0.25, -0.2) is 13.2 Å². The molecule has 0 bridgehead atoms. The van der Waals surface area contributed by atoms with Gasteiger partial charge in [0.2, 0.25) is 0 Å². The Morgan fingerprint density at radius 1 is 0.941 bits per heavy atom. The predicted molar refractivity (Wildman–Crippen MR) is 133 cm³/mol. The highest BCUT2D eigenvalue weighted by Crippen LogP contribution is 2.31. The smallest absolute Gasteiger partial charge is 0.335 e. The summed E-state index contributed by atoms with van der Waals surface area (Å²) in [7, 11) is -2.26. The second-order valence-electron chi connectivity index (χ2n) is 8.13. The number of nitrogens with one attached hydrogen (secondary N) is 1. The lowest BCUT2D eigenvalue weighted by molar-refractivity contribution is 0.0697. The lowest BCUT2D eigenvalue weighted by Crippen LogP contribution is -2.46. The van der Waals surface area contributed by atoms with Crippen molar-refractivity contribution in [2.24, 2.45) is 0 Å². The molecule has 4 rings (SSSR count). The molecule has 1 heterocycles. The molecular formula is C25H27N3O5S. The molecule has 0 unspecified atom stereocenters. The number of carboxylic acids is 1. The van der Waals surface area contributed by atoms with Gasteiger partial charge in [-0.15, -0.1) is 0 Å². The van der Waals surface area contributed by atoms with Gasteiger partial charge in [0.1, 0.15) is 5.75 Å². The topological polar surface area (TPSA) is 99.2 Å². The van der Waals surface area contributed by atoms with E-state index in [1.165, 1.54) is 18.2 Å². The molecular weight excluding hydrogens is 454 g/mol. The molecule has 0 aromatic heterocycles. The second kappa shape index (κ2) is 9.64. The molecule has 0 atom stereocenters. The fourth-order valence-electron chi connectivity index (χ4n) is 4.01. The van der Waals surface area contributed by atoms with E-state index >= 15 is 0 Å². The van der Waals surface area contributed by atoms with Crippen molar-refractivity contribution in [3.63, 3.8) is 0 Å². The molecule has 0 radical (unpaired) electrons. The van der Waals surface area contributed by atoms with Crippen LogP contribution in [0.5, 0.6) is 5.75 Å². The number of rotatable bonds is 7. The first-order valence-corrected chi connectivity index (χ1v) is 12.4. The van der Waals surface area contributed by atoms with Crippen LogP contribution in [0.3, 0.4) is 0 Å². The maximum absolute atomic E-state index is 13.1. The summed E-state index contributed by atoms with van der Waals surface area (Å²) in [4.78, 5) is 16.0. The number of methoxy groups -OCH3 is 1. The molecule has 3 aromatic rings. The van der Waals surface area contributed by atoms with Crippen LogP contribution in [-0.2, 0) is 10.0 Å². The first kappa shape index (κ1) is 23.4. The minimum absolute atomic E-state index is 0.0163. The van der Waals surface area contributed by atoms with Gasteiger partial charge in [0.25, 0.3) is 10.0 Å². The Kier molecular flexibility index (Phi) is 6.65. The van der Waals surface area contributed by atoms with Crippen LogP contribution < -0.4 is 19.3 Å². The number of piperazine rings is 1. The molecule has 0 amide bonds. The van der Waals surface area contributed by atoms with Gasteiger partial charge in [-0.2, -0.15) is 0 Å². The van der Waals surface area contributed by atoms with Crippen molar-refractivity contribution in [2.75, 3.05) is 47.8 Å².